The van der Waals surface area contributed by atoms with Gasteiger partial charge < -0.3 is 10.2 Å². The summed E-state index contributed by atoms with van der Waals surface area (Å²) in [5.74, 6) is -1.03. The van der Waals surface area contributed by atoms with Gasteiger partial charge in [-0.2, -0.15) is 0 Å². The first-order valence-corrected chi connectivity index (χ1v) is 4.12. The van der Waals surface area contributed by atoms with Gasteiger partial charge in [-0.05, 0) is 17.7 Å². The van der Waals surface area contributed by atoms with Gasteiger partial charge in [0.1, 0.15) is 0 Å². The van der Waals surface area contributed by atoms with Gasteiger partial charge in [0, 0.05) is 5.02 Å². The Kier molecular flexibility index (Phi) is 3.28. The molecule has 2 N–H and O–H groups in total. The molecule has 0 saturated carbocycles. The summed E-state index contributed by atoms with van der Waals surface area (Å²) in [7, 11) is 0. The molecule has 13 heavy (non-hydrogen) atoms. The van der Waals surface area contributed by atoms with Gasteiger partial charge in [0.2, 0.25) is 0 Å². The van der Waals surface area contributed by atoms with Gasteiger partial charge in [0.05, 0.1) is 12.5 Å². The normalized spacial score (nSPS) is 12.5. The highest BCUT2D eigenvalue weighted by atomic mass is 35.5. The van der Waals surface area contributed by atoms with Crippen molar-refractivity contribution in [2.45, 2.75) is 12.5 Å². The average molecular weight is 201 g/mol. The molecule has 1 atom stereocenters. The van der Waals surface area contributed by atoms with Crippen molar-refractivity contribution < 1.29 is 15.0 Å². The molecule has 1 rings (SSSR count). The molecule has 0 aliphatic carbocycles. The van der Waals surface area contributed by atoms with Crippen molar-refractivity contribution in [3.63, 3.8) is 0 Å². The number of aliphatic hydroxyl groups is 1. The summed E-state index contributed by atoms with van der Waals surface area (Å²) in [6, 6.07) is 6.44. The summed E-state index contributed by atoms with van der Waals surface area (Å²) in [4.78, 5) is 10.3. The summed E-state index contributed by atoms with van der Waals surface area (Å²) in [6.45, 7) is 0. The minimum Gasteiger partial charge on any atom is -0.481 e. The lowest BCUT2D eigenvalue weighted by atomic mass is 10.1. The molecule has 0 aromatic heterocycles. The standard InChI is InChI=1S/C9H9ClO3/c10-7-3-1-6(2-4-7)8(11)5-9(12)13/h1-4,8,11H,5H2,(H,12,13)/t8-/m0/s1. The molecule has 0 bridgehead atoms. The molecule has 0 aliphatic rings. The van der Waals surface area contributed by atoms with Gasteiger partial charge >= 0.3 is 5.97 Å². The first-order valence-electron chi connectivity index (χ1n) is 3.75. The minimum atomic E-state index is -1.03. The van der Waals surface area contributed by atoms with Crippen LogP contribution in [0.4, 0.5) is 0 Å². The van der Waals surface area contributed by atoms with Crippen molar-refractivity contribution in [1.82, 2.24) is 0 Å². The monoisotopic (exact) mass is 200 g/mol. The summed E-state index contributed by atoms with van der Waals surface area (Å²) in [5.41, 5.74) is 0.562. The van der Waals surface area contributed by atoms with E-state index >= 15 is 0 Å². The van der Waals surface area contributed by atoms with Crippen LogP contribution in [0.3, 0.4) is 0 Å². The molecule has 3 nitrogen and oxygen atoms in total. The summed E-state index contributed by atoms with van der Waals surface area (Å²) >= 11 is 5.62. The molecule has 0 unspecified atom stereocenters. The number of aliphatic hydroxyl groups excluding tert-OH is 1. The van der Waals surface area contributed by atoms with E-state index in [-0.39, 0.29) is 6.42 Å². The number of aliphatic carboxylic acids is 1. The Labute approximate surface area is 80.6 Å². The molecule has 0 saturated heterocycles. The maximum absolute atomic E-state index is 10.3. The predicted molar refractivity (Wildman–Crippen MR) is 48.7 cm³/mol. The van der Waals surface area contributed by atoms with E-state index < -0.39 is 12.1 Å². The van der Waals surface area contributed by atoms with Crippen LogP contribution in [0.15, 0.2) is 24.3 Å². The highest BCUT2D eigenvalue weighted by Crippen LogP contribution is 2.18. The van der Waals surface area contributed by atoms with E-state index in [4.69, 9.17) is 16.7 Å². The van der Waals surface area contributed by atoms with Crippen molar-refractivity contribution in [3.8, 4) is 0 Å². The van der Waals surface area contributed by atoms with Gasteiger partial charge in [0.25, 0.3) is 0 Å². The fraction of sp³-hybridized carbons (Fsp3) is 0.222. The highest BCUT2D eigenvalue weighted by molar-refractivity contribution is 6.30. The zero-order valence-electron chi connectivity index (χ0n) is 6.77. The molecule has 0 aliphatic heterocycles. The maximum Gasteiger partial charge on any atom is 0.306 e. The van der Waals surface area contributed by atoms with Crippen molar-refractivity contribution in [2.24, 2.45) is 0 Å². The van der Waals surface area contributed by atoms with Crippen LogP contribution in [0.2, 0.25) is 5.02 Å². The Bertz CT molecular complexity index is 294. The number of carboxylic acid groups (broad SMARTS) is 1. The lowest BCUT2D eigenvalue weighted by molar-refractivity contribution is -0.139. The van der Waals surface area contributed by atoms with E-state index in [2.05, 4.69) is 0 Å². The number of rotatable bonds is 3. The van der Waals surface area contributed by atoms with Crippen LogP contribution in [-0.2, 0) is 4.79 Å². The second-order valence-corrected chi connectivity index (χ2v) is 3.10. The SMILES string of the molecule is O=C(O)C[C@H](O)c1ccc(Cl)cc1. The Hall–Kier alpha value is -1.06. The minimum absolute atomic E-state index is 0.290. The van der Waals surface area contributed by atoms with Crippen LogP contribution in [0.25, 0.3) is 0 Å². The Morgan fingerprint density at radius 3 is 2.38 bits per heavy atom. The lowest BCUT2D eigenvalue weighted by Crippen LogP contribution is -2.04. The van der Waals surface area contributed by atoms with E-state index in [0.29, 0.717) is 10.6 Å². The topological polar surface area (TPSA) is 57.5 Å². The number of halogens is 1. The lowest BCUT2D eigenvalue weighted by Gasteiger charge is -2.07. The van der Waals surface area contributed by atoms with E-state index in [1.165, 1.54) is 0 Å². The van der Waals surface area contributed by atoms with E-state index in [9.17, 15) is 9.90 Å². The van der Waals surface area contributed by atoms with Crippen molar-refractivity contribution in [1.29, 1.82) is 0 Å². The predicted octanol–water partition coefficient (Wildman–Crippen LogP) is 1.85. The van der Waals surface area contributed by atoms with E-state index in [1.54, 1.807) is 24.3 Å². The summed E-state index contributed by atoms with van der Waals surface area (Å²) in [5, 5.41) is 18.3. The van der Waals surface area contributed by atoms with Crippen molar-refractivity contribution in [3.05, 3.63) is 34.9 Å². The van der Waals surface area contributed by atoms with Crippen molar-refractivity contribution >= 4 is 17.6 Å². The van der Waals surface area contributed by atoms with E-state index in [1.807, 2.05) is 0 Å². The molecule has 70 valence electrons. The number of hydrogen-bond acceptors (Lipinski definition) is 2. The maximum atomic E-state index is 10.3. The summed E-state index contributed by atoms with van der Waals surface area (Å²) < 4.78 is 0. The van der Waals surface area contributed by atoms with Gasteiger partial charge in [0.15, 0.2) is 0 Å². The molecule has 0 spiro atoms. The largest absolute Gasteiger partial charge is 0.481 e. The van der Waals surface area contributed by atoms with Crippen LogP contribution >= 0.6 is 11.6 Å². The van der Waals surface area contributed by atoms with Gasteiger partial charge in [-0.3, -0.25) is 4.79 Å². The zero-order chi connectivity index (χ0) is 9.84. The summed E-state index contributed by atoms with van der Waals surface area (Å²) in [6.07, 6.45) is -1.25. The van der Waals surface area contributed by atoms with Gasteiger partial charge in [-0.1, -0.05) is 23.7 Å². The van der Waals surface area contributed by atoms with Crippen molar-refractivity contribution in [2.75, 3.05) is 0 Å². The molecule has 0 radical (unpaired) electrons. The van der Waals surface area contributed by atoms with Gasteiger partial charge in [-0.15, -0.1) is 0 Å². The second-order valence-electron chi connectivity index (χ2n) is 2.67. The Morgan fingerprint density at radius 1 is 1.38 bits per heavy atom. The van der Waals surface area contributed by atoms with Crippen LogP contribution in [0.1, 0.15) is 18.1 Å². The molecule has 0 amide bonds. The number of carbonyl (C=O) groups is 1. The fourth-order valence-corrected chi connectivity index (χ4v) is 1.09. The van der Waals surface area contributed by atoms with Crippen LogP contribution in [0.5, 0.6) is 0 Å². The molecular weight excluding hydrogens is 192 g/mol. The van der Waals surface area contributed by atoms with E-state index in [0.717, 1.165) is 0 Å². The third kappa shape index (κ3) is 3.05. The quantitative estimate of drug-likeness (QED) is 0.783. The highest BCUT2D eigenvalue weighted by Gasteiger charge is 2.11. The first kappa shape index (κ1) is 10.0. The molecule has 1 aromatic rings. The van der Waals surface area contributed by atoms with Crippen LogP contribution in [0, 0.1) is 0 Å². The molecule has 0 heterocycles. The van der Waals surface area contributed by atoms with Crippen LogP contribution < -0.4 is 0 Å². The fourth-order valence-electron chi connectivity index (χ4n) is 0.968. The molecule has 4 heteroatoms. The van der Waals surface area contributed by atoms with Crippen LogP contribution in [-0.4, -0.2) is 16.2 Å². The third-order valence-corrected chi connectivity index (χ3v) is 1.87. The Balaban J connectivity index is 2.71. The third-order valence-electron chi connectivity index (χ3n) is 1.62. The zero-order valence-corrected chi connectivity index (χ0v) is 7.53. The number of hydrogen-bond donors (Lipinski definition) is 2. The number of benzene rings is 1. The Morgan fingerprint density at radius 2 is 1.92 bits per heavy atom. The molecule has 1 aromatic carbocycles. The average Bonchev–Trinajstić information content (AvgIpc) is 2.04. The first-order chi connectivity index (χ1) is 6.09. The second kappa shape index (κ2) is 4.25. The van der Waals surface area contributed by atoms with Gasteiger partial charge in [-0.25, -0.2) is 0 Å². The molecule has 0 fully saturated rings. The number of carboxylic acids is 1. The molecular formula is C9H9ClO3. The smallest absolute Gasteiger partial charge is 0.306 e.